The Morgan fingerprint density at radius 2 is 1.83 bits per heavy atom. The quantitative estimate of drug-likeness (QED) is 0.632. The second-order valence-corrected chi connectivity index (χ2v) is 5.96. The van der Waals surface area contributed by atoms with Crippen LogP contribution in [-0.4, -0.2) is 37.1 Å². The minimum atomic E-state index is 0.777. The van der Waals surface area contributed by atoms with E-state index >= 15 is 0 Å². The molecule has 1 heterocycles. The smallest absolute Gasteiger partial charge is 0.0246 e. The molecule has 0 bridgehead atoms. The molecule has 2 nitrogen and oxygen atoms in total. The summed E-state index contributed by atoms with van der Waals surface area (Å²) in [5.41, 5.74) is 0. The molecule has 0 aromatic rings. The highest BCUT2D eigenvalue weighted by Gasteiger charge is 2.25. The minimum absolute atomic E-state index is 0.777. The average Bonchev–Trinajstić information content (AvgIpc) is 2.42. The molecule has 1 saturated heterocycles. The molecule has 1 fully saturated rings. The van der Waals surface area contributed by atoms with E-state index in [4.69, 9.17) is 0 Å². The molecule has 0 saturated carbocycles. The van der Waals surface area contributed by atoms with Crippen LogP contribution >= 0.6 is 0 Å². The largest absolute Gasteiger partial charge is 0.314 e. The van der Waals surface area contributed by atoms with Gasteiger partial charge in [-0.05, 0) is 18.9 Å². The molecule has 0 radical (unpaired) electrons. The number of unbranched alkanes of at least 4 members (excludes halogenated alkanes) is 5. The highest BCUT2D eigenvalue weighted by molar-refractivity contribution is 4.83. The molecule has 2 atom stereocenters. The van der Waals surface area contributed by atoms with E-state index in [2.05, 4.69) is 31.0 Å². The van der Waals surface area contributed by atoms with Crippen molar-refractivity contribution in [2.24, 2.45) is 5.92 Å². The van der Waals surface area contributed by atoms with Gasteiger partial charge < -0.3 is 5.32 Å². The van der Waals surface area contributed by atoms with Gasteiger partial charge in [-0.1, -0.05) is 59.3 Å². The predicted molar refractivity (Wildman–Crippen MR) is 81.1 cm³/mol. The van der Waals surface area contributed by atoms with E-state index in [-0.39, 0.29) is 0 Å². The second kappa shape index (κ2) is 9.80. The summed E-state index contributed by atoms with van der Waals surface area (Å²) in [5.74, 6) is 0.831. The van der Waals surface area contributed by atoms with Crippen molar-refractivity contribution in [3.05, 3.63) is 0 Å². The van der Waals surface area contributed by atoms with Gasteiger partial charge in [0, 0.05) is 25.7 Å². The van der Waals surface area contributed by atoms with Gasteiger partial charge >= 0.3 is 0 Å². The average molecular weight is 254 g/mol. The molecule has 108 valence electrons. The zero-order valence-corrected chi connectivity index (χ0v) is 12.9. The van der Waals surface area contributed by atoms with Crippen LogP contribution in [0.3, 0.4) is 0 Å². The van der Waals surface area contributed by atoms with Gasteiger partial charge in [-0.15, -0.1) is 0 Å². The van der Waals surface area contributed by atoms with Gasteiger partial charge in [-0.3, -0.25) is 4.90 Å². The Morgan fingerprint density at radius 1 is 1.11 bits per heavy atom. The summed E-state index contributed by atoms with van der Waals surface area (Å²) in [4.78, 5) is 2.74. The summed E-state index contributed by atoms with van der Waals surface area (Å²) in [6, 6.07) is 0.777. The van der Waals surface area contributed by atoms with Crippen LogP contribution in [0.4, 0.5) is 0 Å². The lowest BCUT2D eigenvalue weighted by Crippen LogP contribution is -2.54. The van der Waals surface area contributed by atoms with Gasteiger partial charge in [-0.25, -0.2) is 0 Å². The Balaban J connectivity index is 2.17. The van der Waals surface area contributed by atoms with E-state index in [0.29, 0.717) is 0 Å². The summed E-state index contributed by atoms with van der Waals surface area (Å²) >= 11 is 0. The standard InChI is InChI=1S/C16H34N2/c1-4-6-7-8-9-10-12-18-13-11-17-14-16(18)15(3)5-2/h15-17H,4-14H2,1-3H3. The van der Waals surface area contributed by atoms with Crippen LogP contribution in [0.2, 0.25) is 0 Å². The van der Waals surface area contributed by atoms with Gasteiger partial charge in [-0.2, -0.15) is 0 Å². The number of piperazine rings is 1. The van der Waals surface area contributed by atoms with Gasteiger partial charge in [0.05, 0.1) is 0 Å². The highest BCUT2D eigenvalue weighted by Crippen LogP contribution is 2.17. The fourth-order valence-corrected chi connectivity index (χ4v) is 2.97. The van der Waals surface area contributed by atoms with Gasteiger partial charge in [0.2, 0.25) is 0 Å². The normalized spacial score (nSPS) is 23.2. The molecule has 2 unspecified atom stereocenters. The molecule has 1 N–H and O–H groups in total. The third-order valence-electron chi connectivity index (χ3n) is 4.50. The second-order valence-electron chi connectivity index (χ2n) is 5.96. The molecule has 1 aliphatic heterocycles. The minimum Gasteiger partial charge on any atom is -0.314 e. The van der Waals surface area contributed by atoms with Crippen LogP contribution in [0.25, 0.3) is 0 Å². The Morgan fingerprint density at radius 3 is 2.56 bits per heavy atom. The monoisotopic (exact) mass is 254 g/mol. The number of hydrogen-bond acceptors (Lipinski definition) is 2. The van der Waals surface area contributed by atoms with Crippen LogP contribution in [0.15, 0.2) is 0 Å². The summed E-state index contributed by atoms with van der Waals surface area (Å²) < 4.78 is 0. The van der Waals surface area contributed by atoms with Crippen molar-refractivity contribution in [2.45, 2.75) is 71.8 Å². The molecule has 18 heavy (non-hydrogen) atoms. The van der Waals surface area contributed by atoms with E-state index in [1.807, 2.05) is 0 Å². The zero-order chi connectivity index (χ0) is 13.2. The first-order valence-corrected chi connectivity index (χ1v) is 8.24. The van der Waals surface area contributed by atoms with E-state index in [9.17, 15) is 0 Å². The number of hydrogen-bond donors (Lipinski definition) is 1. The highest BCUT2D eigenvalue weighted by atomic mass is 15.2. The maximum Gasteiger partial charge on any atom is 0.0246 e. The third kappa shape index (κ3) is 5.71. The van der Waals surface area contributed by atoms with Crippen LogP contribution in [0.5, 0.6) is 0 Å². The van der Waals surface area contributed by atoms with E-state index < -0.39 is 0 Å². The van der Waals surface area contributed by atoms with E-state index in [1.54, 1.807) is 0 Å². The molecule has 0 spiro atoms. The lowest BCUT2D eigenvalue weighted by molar-refractivity contribution is 0.114. The van der Waals surface area contributed by atoms with Gasteiger partial charge in [0.15, 0.2) is 0 Å². The topological polar surface area (TPSA) is 15.3 Å². The molecular formula is C16H34N2. The van der Waals surface area contributed by atoms with Crippen molar-refractivity contribution in [1.29, 1.82) is 0 Å². The third-order valence-corrected chi connectivity index (χ3v) is 4.50. The van der Waals surface area contributed by atoms with Crippen molar-refractivity contribution in [2.75, 3.05) is 26.2 Å². The maximum absolute atomic E-state index is 3.56. The molecule has 0 aromatic carbocycles. The van der Waals surface area contributed by atoms with Gasteiger partial charge in [0.1, 0.15) is 0 Å². The van der Waals surface area contributed by atoms with E-state index in [1.165, 1.54) is 71.1 Å². The SMILES string of the molecule is CCCCCCCCN1CCNCC1C(C)CC. The van der Waals surface area contributed by atoms with Crippen molar-refractivity contribution in [3.8, 4) is 0 Å². The number of rotatable bonds is 9. The first kappa shape index (κ1) is 16.0. The Hall–Kier alpha value is -0.0800. The van der Waals surface area contributed by atoms with Crippen molar-refractivity contribution in [3.63, 3.8) is 0 Å². The Kier molecular flexibility index (Phi) is 8.70. The fourth-order valence-electron chi connectivity index (χ4n) is 2.97. The summed E-state index contributed by atoms with van der Waals surface area (Å²) in [6.45, 7) is 12.0. The Labute approximate surface area is 115 Å². The van der Waals surface area contributed by atoms with Crippen molar-refractivity contribution in [1.82, 2.24) is 10.2 Å². The summed E-state index contributed by atoms with van der Waals surface area (Å²) in [7, 11) is 0. The lowest BCUT2D eigenvalue weighted by atomic mass is 9.95. The van der Waals surface area contributed by atoms with E-state index in [0.717, 1.165) is 12.0 Å². The van der Waals surface area contributed by atoms with Crippen molar-refractivity contribution >= 4 is 0 Å². The van der Waals surface area contributed by atoms with Gasteiger partial charge in [0.25, 0.3) is 0 Å². The van der Waals surface area contributed by atoms with Crippen LogP contribution in [-0.2, 0) is 0 Å². The molecule has 0 amide bonds. The molecule has 0 aliphatic carbocycles. The molecule has 1 rings (SSSR count). The van der Waals surface area contributed by atoms with Crippen LogP contribution < -0.4 is 5.32 Å². The van der Waals surface area contributed by atoms with Crippen LogP contribution in [0, 0.1) is 5.92 Å². The van der Waals surface area contributed by atoms with Crippen LogP contribution in [0.1, 0.15) is 65.7 Å². The number of nitrogens with one attached hydrogen (secondary N) is 1. The Bertz CT molecular complexity index is 194. The van der Waals surface area contributed by atoms with Crippen molar-refractivity contribution < 1.29 is 0 Å². The lowest BCUT2D eigenvalue weighted by Gasteiger charge is -2.39. The zero-order valence-electron chi connectivity index (χ0n) is 12.9. The molecule has 0 aromatic heterocycles. The molecule has 1 aliphatic rings. The predicted octanol–water partition coefficient (Wildman–Crippen LogP) is 3.67. The first-order valence-electron chi connectivity index (χ1n) is 8.24. The summed E-state index contributed by atoms with van der Waals surface area (Å²) in [5, 5.41) is 3.56. The first-order chi connectivity index (χ1) is 8.79. The molecular weight excluding hydrogens is 220 g/mol. The maximum atomic E-state index is 3.56. The number of nitrogens with zero attached hydrogens (tertiary/aromatic N) is 1. The summed E-state index contributed by atoms with van der Waals surface area (Å²) in [6.07, 6.45) is 9.78. The fraction of sp³-hybridized carbons (Fsp3) is 1.00. The molecule has 2 heteroatoms.